The van der Waals surface area contributed by atoms with E-state index in [1.54, 1.807) is 0 Å². The summed E-state index contributed by atoms with van der Waals surface area (Å²) in [6, 6.07) is 14.5. The van der Waals surface area contributed by atoms with E-state index in [9.17, 15) is 4.57 Å². The molecule has 4 aromatic rings. The van der Waals surface area contributed by atoms with Crippen LogP contribution < -0.4 is 10.5 Å². The zero-order chi connectivity index (χ0) is 23.4. The second kappa shape index (κ2) is 10.3. The first kappa shape index (κ1) is 23.2. The minimum absolute atomic E-state index is 0.210. The molecule has 0 amide bonds. The zero-order valence-electron chi connectivity index (χ0n) is 18.8. The van der Waals surface area contributed by atoms with Crippen LogP contribution >= 0.6 is 8.25 Å². The molecule has 3 N–H and O–H groups in total. The van der Waals surface area contributed by atoms with Gasteiger partial charge in [0.25, 0.3) is 0 Å². The first-order chi connectivity index (χ1) is 15.9. The Labute approximate surface area is 193 Å². The molecule has 0 aliphatic carbocycles. The quantitative estimate of drug-likeness (QED) is 0.205. The Morgan fingerprint density at radius 2 is 1.88 bits per heavy atom. The van der Waals surface area contributed by atoms with Crippen LogP contribution in [0.15, 0.2) is 48.7 Å². The standard InChI is InChI=1S/C25H28N3O4P/c1-16-4-9-21-22-14-18(15-27-24(22)25(26)28-23(21)12-16)5-6-19-7-8-20(13-17(19)2)31-10-3-11-32-33(29)30/h4,7-9,12-15,33H,3,5-6,10-11H2,1-2H3,(H2,26,28)(H,29,30). The molecule has 0 bridgehead atoms. The summed E-state index contributed by atoms with van der Waals surface area (Å²) in [4.78, 5) is 17.8. The summed E-state index contributed by atoms with van der Waals surface area (Å²) in [5.41, 5.74) is 12.5. The van der Waals surface area contributed by atoms with Gasteiger partial charge in [-0.15, -0.1) is 0 Å². The second-order valence-corrected chi connectivity index (χ2v) is 8.98. The molecule has 0 spiro atoms. The first-order valence-electron chi connectivity index (χ1n) is 10.9. The zero-order valence-corrected chi connectivity index (χ0v) is 19.8. The molecule has 1 atom stereocenters. The fraction of sp³-hybridized carbons (Fsp3) is 0.280. The van der Waals surface area contributed by atoms with Crippen LogP contribution in [0.5, 0.6) is 5.75 Å². The van der Waals surface area contributed by atoms with Gasteiger partial charge in [0.1, 0.15) is 11.3 Å². The van der Waals surface area contributed by atoms with Gasteiger partial charge in [-0.25, -0.2) is 4.98 Å². The Balaban J connectivity index is 1.45. The van der Waals surface area contributed by atoms with Crippen molar-refractivity contribution >= 4 is 35.9 Å². The van der Waals surface area contributed by atoms with Gasteiger partial charge in [-0.05, 0) is 73.2 Å². The number of fused-ring (bicyclic) bond motifs is 3. The second-order valence-electron chi connectivity index (χ2n) is 8.16. The molecule has 2 heterocycles. The maximum Gasteiger partial charge on any atom is 0.316 e. The number of hydrogen-bond acceptors (Lipinski definition) is 6. The van der Waals surface area contributed by atoms with E-state index in [1.807, 2.05) is 31.3 Å². The van der Waals surface area contributed by atoms with Gasteiger partial charge in [-0.3, -0.25) is 9.55 Å². The Bertz CT molecular complexity index is 1330. The SMILES string of the molecule is Cc1ccc2c(c1)nc(N)c1ncc(CCc3ccc(OCCCO[PH](=O)O)cc3C)cc12. The predicted molar refractivity (Wildman–Crippen MR) is 132 cm³/mol. The third-order valence-corrected chi connectivity index (χ3v) is 6.10. The summed E-state index contributed by atoms with van der Waals surface area (Å²) in [5.74, 6) is 1.24. The van der Waals surface area contributed by atoms with Crippen molar-refractivity contribution in [2.45, 2.75) is 33.1 Å². The smallest absolute Gasteiger partial charge is 0.316 e. The Hall–Kier alpha value is -2.99. The lowest BCUT2D eigenvalue weighted by Gasteiger charge is -2.11. The monoisotopic (exact) mass is 465 g/mol. The largest absolute Gasteiger partial charge is 0.493 e. The van der Waals surface area contributed by atoms with E-state index in [1.165, 1.54) is 5.56 Å². The third-order valence-electron chi connectivity index (χ3n) is 5.65. The highest BCUT2D eigenvalue weighted by molar-refractivity contribution is 7.32. The molecule has 33 heavy (non-hydrogen) atoms. The number of anilines is 1. The highest BCUT2D eigenvalue weighted by atomic mass is 31.1. The molecule has 0 aliphatic rings. The number of nitrogens with two attached hydrogens (primary N) is 1. The molecule has 2 aromatic carbocycles. The van der Waals surface area contributed by atoms with Crippen LogP contribution in [0.1, 0.15) is 28.7 Å². The fourth-order valence-corrected chi connectivity index (χ4v) is 4.24. The number of nitrogens with zero attached hydrogens (tertiary/aromatic N) is 2. The van der Waals surface area contributed by atoms with Gasteiger partial charge in [-0.1, -0.05) is 18.2 Å². The Kier molecular flexibility index (Phi) is 7.23. The van der Waals surface area contributed by atoms with Crippen molar-refractivity contribution in [2.75, 3.05) is 18.9 Å². The molecule has 0 saturated carbocycles. The van der Waals surface area contributed by atoms with E-state index in [2.05, 4.69) is 45.7 Å². The molecule has 0 radical (unpaired) electrons. The lowest BCUT2D eigenvalue weighted by atomic mass is 9.99. The molecule has 1 unspecified atom stereocenters. The van der Waals surface area contributed by atoms with Gasteiger partial charge >= 0.3 is 8.25 Å². The normalized spacial score (nSPS) is 12.3. The molecule has 0 fully saturated rings. The van der Waals surface area contributed by atoms with Crippen molar-refractivity contribution in [3.63, 3.8) is 0 Å². The van der Waals surface area contributed by atoms with E-state index < -0.39 is 8.25 Å². The number of ether oxygens (including phenoxy) is 1. The summed E-state index contributed by atoms with van der Waals surface area (Å²) in [5, 5.41) is 2.10. The number of benzene rings is 2. The lowest BCUT2D eigenvalue weighted by Crippen LogP contribution is -2.02. The first-order valence-corrected chi connectivity index (χ1v) is 12.2. The Morgan fingerprint density at radius 1 is 1.03 bits per heavy atom. The summed E-state index contributed by atoms with van der Waals surface area (Å²) in [6.45, 7) is 4.76. The van der Waals surface area contributed by atoms with E-state index in [0.717, 1.165) is 57.1 Å². The van der Waals surface area contributed by atoms with Gasteiger partial charge in [0.2, 0.25) is 0 Å². The van der Waals surface area contributed by atoms with Crippen molar-refractivity contribution in [2.24, 2.45) is 0 Å². The highest BCUT2D eigenvalue weighted by Crippen LogP contribution is 2.28. The van der Waals surface area contributed by atoms with E-state index in [0.29, 0.717) is 18.8 Å². The molecule has 4 rings (SSSR count). The number of aryl methyl sites for hydroxylation is 4. The number of hydrogen-bond donors (Lipinski definition) is 2. The van der Waals surface area contributed by atoms with Gasteiger partial charge in [0, 0.05) is 23.4 Å². The van der Waals surface area contributed by atoms with Crippen molar-refractivity contribution in [3.8, 4) is 5.75 Å². The molecule has 8 heteroatoms. The predicted octanol–water partition coefficient (Wildman–Crippen LogP) is 4.93. The lowest BCUT2D eigenvalue weighted by molar-refractivity contribution is 0.235. The van der Waals surface area contributed by atoms with Crippen LogP contribution in [0.25, 0.3) is 21.8 Å². The highest BCUT2D eigenvalue weighted by Gasteiger charge is 2.10. The van der Waals surface area contributed by atoms with Gasteiger partial charge in [0.05, 0.1) is 18.7 Å². The number of aromatic nitrogens is 2. The van der Waals surface area contributed by atoms with Crippen LogP contribution in [0.2, 0.25) is 0 Å². The van der Waals surface area contributed by atoms with E-state index >= 15 is 0 Å². The van der Waals surface area contributed by atoms with Crippen molar-refractivity contribution in [1.82, 2.24) is 9.97 Å². The summed E-state index contributed by atoms with van der Waals surface area (Å²) >= 11 is 0. The van der Waals surface area contributed by atoms with Gasteiger partial charge < -0.3 is 19.9 Å². The summed E-state index contributed by atoms with van der Waals surface area (Å²) < 4.78 is 20.9. The molecular formula is C25H28N3O4P. The van der Waals surface area contributed by atoms with E-state index in [4.69, 9.17) is 15.4 Å². The number of nitrogen functional groups attached to an aromatic ring is 1. The van der Waals surface area contributed by atoms with Gasteiger partial charge in [0.15, 0.2) is 5.82 Å². The van der Waals surface area contributed by atoms with Crippen LogP contribution in [0.4, 0.5) is 5.82 Å². The maximum absolute atomic E-state index is 10.5. The van der Waals surface area contributed by atoms with E-state index in [-0.39, 0.29) is 6.61 Å². The van der Waals surface area contributed by atoms with Crippen LogP contribution in [0.3, 0.4) is 0 Å². The number of pyridine rings is 2. The average molecular weight is 465 g/mol. The average Bonchev–Trinajstić information content (AvgIpc) is 2.78. The molecule has 0 aliphatic heterocycles. The summed E-state index contributed by atoms with van der Waals surface area (Å²) in [6.07, 6.45) is 4.18. The molecule has 0 saturated heterocycles. The Morgan fingerprint density at radius 3 is 2.67 bits per heavy atom. The van der Waals surface area contributed by atoms with Crippen molar-refractivity contribution in [3.05, 3.63) is 70.9 Å². The van der Waals surface area contributed by atoms with Crippen molar-refractivity contribution < 1.29 is 18.7 Å². The maximum atomic E-state index is 10.5. The van der Waals surface area contributed by atoms with Gasteiger partial charge in [-0.2, -0.15) is 0 Å². The summed E-state index contributed by atoms with van der Waals surface area (Å²) in [7, 11) is -2.87. The topological polar surface area (TPSA) is 108 Å². The van der Waals surface area contributed by atoms with Crippen LogP contribution in [-0.2, 0) is 21.9 Å². The number of rotatable bonds is 9. The van der Waals surface area contributed by atoms with Crippen molar-refractivity contribution in [1.29, 1.82) is 0 Å². The van der Waals surface area contributed by atoms with Crippen LogP contribution in [-0.4, -0.2) is 28.1 Å². The van der Waals surface area contributed by atoms with Crippen LogP contribution in [0, 0.1) is 13.8 Å². The fourth-order valence-electron chi connectivity index (χ4n) is 3.92. The molecule has 172 valence electrons. The minimum Gasteiger partial charge on any atom is -0.493 e. The minimum atomic E-state index is -2.87. The third kappa shape index (κ3) is 5.69. The molecule has 7 nitrogen and oxygen atoms in total. The molecule has 2 aromatic heterocycles. The molecular weight excluding hydrogens is 437 g/mol.